The van der Waals surface area contributed by atoms with E-state index in [1.165, 1.54) is 48.5 Å². The molecule has 1 amide bonds. The molecule has 0 saturated heterocycles. The van der Waals surface area contributed by atoms with E-state index in [0.717, 1.165) is 11.6 Å². The average Bonchev–Trinajstić information content (AvgIpc) is 2.90. The van der Waals surface area contributed by atoms with Gasteiger partial charge in [-0.3, -0.25) is 10.1 Å². The van der Waals surface area contributed by atoms with Gasteiger partial charge in [-0.2, -0.15) is 0 Å². The molecular formula is C31H30ClF3N4O. The Labute approximate surface area is 237 Å². The second-order valence-corrected chi connectivity index (χ2v) is 9.75. The third-order valence-electron chi connectivity index (χ3n) is 6.07. The smallest absolute Gasteiger partial charge is 0.258 e. The van der Waals surface area contributed by atoms with Crippen molar-refractivity contribution in [3.05, 3.63) is 124 Å². The van der Waals surface area contributed by atoms with Crippen LogP contribution in [0.1, 0.15) is 42.3 Å². The molecule has 208 valence electrons. The summed E-state index contributed by atoms with van der Waals surface area (Å²) in [5.74, 6) is -2.33. The number of hydrogen-bond donors (Lipinski definition) is 3. The molecule has 2 atom stereocenters. The van der Waals surface area contributed by atoms with Gasteiger partial charge in [0.1, 0.15) is 17.5 Å². The Bertz CT molecular complexity index is 1470. The quantitative estimate of drug-likeness (QED) is 0.187. The van der Waals surface area contributed by atoms with Crippen LogP contribution in [0.3, 0.4) is 0 Å². The number of amides is 1. The maximum atomic E-state index is 13.7. The summed E-state index contributed by atoms with van der Waals surface area (Å²) in [5, 5.41) is 14.4. The lowest BCUT2D eigenvalue weighted by atomic mass is 9.86. The van der Waals surface area contributed by atoms with Crippen molar-refractivity contribution in [3.63, 3.8) is 0 Å². The molecule has 0 bridgehead atoms. The van der Waals surface area contributed by atoms with Crippen molar-refractivity contribution in [2.75, 3.05) is 0 Å². The molecule has 5 nitrogen and oxygen atoms in total. The lowest BCUT2D eigenvalue weighted by molar-refractivity contribution is 0.0975. The maximum Gasteiger partial charge on any atom is 0.258 e. The van der Waals surface area contributed by atoms with Crippen molar-refractivity contribution < 1.29 is 18.0 Å². The molecule has 0 fully saturated rings. The van der Waals surface area contributed by atoms with E-state index in [9.17, 15) is 18.0 Å². The molecule has 0 radical (unpaired) electrons. The van der Waals surface area contributed by atoms with Crippen molar-refractivity contribution >= 4 is 34.8 Å². The van der Waals surface area contributed by atoms with Crippen LogP contribution in [-0.4, -0.2) is 23.6 Å². The number of rotatable bonds is 9. The standard InChI is InChI=1S/C31H30ClF3N4O/c1-18(2)29(36)20(4)27(21-8-11-24(33)12-9-21)14-19(3)38-31(37-17-23-10-13-26(35)16-28(23)32)39-30(40)22-6-5-7-25(34)15-22/h5-16,19-20,36H,1,17H2,2-4H3,(H2,37,38,39,40)/b27-14+,36-29?. The van der Waals surface area contributed by atoms with E-state index >= 15 is 0 Å². The number of nitrogens with zero attached hydrogens (tertiary/aromatic N) is 1. The Kier molecular flexibility index (Phi) is 10.4. The first-order valence-corrected chi connectivity index (χ1v) is 12.9. The van der Waals surface area contributed by atoms with Crippen molar-refractivity contribution in [2.24, 2.45) is 10.9 Å². The van der Waals surface area contributed by atoms with Crippen LogP contribution in [0.15, 0.2) is 90.0 Å². The summed E-state index contributed by atoms with van der Waals surface area (Å²) in [6.45, 7) is 9.31. The zero-order chi connectivity index (χ0) is 29.4. The van der Waals surface area contributed by atoms with Gasteiger partial charge in [-0.05, 0) is 78.6 Å². The number of guanidine groups is 1. The Morgan fingerprint density at radius 2 is 1.65 bits per heavy atom. The fourth-order valence-electron chi connectivity index (χ4n) is 3.93. The number of carbonyl (C=O) groups is 1. The summed E-state index contributed by atoms with van der Waals surface area (Å²) in [6, 6.07) is 14.6. The molecule has 0 aromatic heterocycles. The first kappa shape index (κ1) is 30.4. The summed E-state index contributed by atoms with van der Waals surface area (Å²) < 4.78 is 40.9. The molecule has 0 aliphatic rings. The minimum Gasteiger partial charge on any atom is -0.350 e. The summed E-state index contributed by atoms with van der Waals surface area (Å²) >= 11 is 6.15. The molecule has 3 N–H and O–H groups in total. The normalized spacial score (nSPS) is 13.4. The summed E-state index contributed by atoms with van der Waals surface area (Å²) in [5.41, 5.74) is 3.00. The highest BCUT2D eigenvalue weighted by Gasteiger charge is 2.19. The summed E-state index contributed by atoms with van der Waals surface area (Å²) in [6.07, 6.45) is 1.85. The first-order chi connectivity index (χ1) is 18.9. The number of hydrogen-bond acceptors (Lipinski definition) is 3. The second kappa shape index (κ2) is 13.8. The van der Waals surface area contributed by atoms with Crippen LogP contribution < -0.4 is 10.6 Å². The van der Waals surface area contributed by atoms with Gasteiger partial charge < -0.3 is 10.7 Å². The van der Waals surface area contributed by atoms with Crippen molar-refractivity contribution in [1.82, 2.24) is 10.6 Å². The van der Waals surface area contributed by atoms with Crippen LogP contribution in [0.2, 0.25) is 5.02 Å². The molecule has 9 heteroatoms. The minimum absolute atomic E-state index is 0.0167. The highest BCUT2D eigenvalue weighted by atomic mass is 35.5. The predicted molar refractivity (Wildman–Crippen MR) is 155 cm³/mol. The van der Waals surface area contributed by atoms with Gasteiger partial charge in [-0.25, -0.2) is 18.2 Å². The average molecular weight is 567 g/mol. The zero-order valence-electron chi connectivity index (χ0n) is 22.4. The van der Waals surface area contributed by atoms with Crippen molar-refractivity contribution in [2.45, 2.75) is 33.4 Å². The third kappa shape index (κ3) is 8.41. The molecule has 40 heavy (non-hydrogen) atoms. The van der Waals surface area contributed by atoms with Crippen molar-refractivity contribution in [3.8, 4) is 0 Å². The van der Waals surface area contributed by atoms with Gasteiger partial charge in [0.25, 0.3) is 5.91 Å². The van der Waals surface area contributed by atoms with Gasteiger partial charge in [-0.1, -0.05) is 55.4 Å². The van der Waals surface area contributed by atoms with Crippen LogP contribution in [-0.2, 0) is 6.54 Å². The van der Waals surface area contributed by atoms with Crippen LogP contribution in [0, 0.1) is 28.8 Å². The van der Waals surface area contributed by atoms with E-state index in [1.807, 2.05) is 19.9 Å². The van der Waals surface area contributed by atoms with E-state index in [4.69, 9.17) is 17.0 Å². The molecule has 0 saturated carbocycles. The Balaban J connectivity index is 1.95. The molecular weight excluding hydrogens is 537 g/mol. The topological polar surface area (TPSA) is 77.3 Å². The molecule has 0 heterocycles. The second-order valence-electron chi connectivity index (χ2n) is 9.34. The molecule has 0 spiro atoms. The highest BCUT2D eigenvalue weighted by molar-refractivity contribution is 6.31. The predicted octanol–water partition coefficient (Wildman–Crippen LogP) is 7.34. The summed E-state index contributed by atoms with van der Waals surface area (Å²) in [4.78, 5) is 17.3. The van der Waals surface area contributed by atoms with Crippen LogP contribution in [0.5, 0.6) is 0 Å². The minimum atomic E-state index is -0.594. The Hall–Kier alpha value is -4.17. The molecule has 3 aromatic carbocycles. The van der Waals surface area contributed by atoms with Crippen LogP contribution in [0.25, 0.3) is 5.57 Å². The maximum absolute atomic E-state index is 13.7. The summed E-state index contributed by atoms with van der Waals surface area (Å²) in [7, 11) is 0. The fourth-order valence-corrected chi connectivity index (χ4v) is 4.16. The van der Waals surface area contributed by atoms with Gasteiger partial charge in [0, 0.05) is 28.3 Å². The van der Waals surface area contributed by atoms with Gasteiger partial charge in [0.15, 0.2) is 5.96 Å². The van der Waals surface area contributed by atoms with E-state index in [-0.39, 0.29) is 34.8 Å². The number of halogens is 4. The molecule has 0 aliphatic heterocycles. The van der Waals surface area contributed by atoms with E-state index in [2.05, 4.69) is 22.2 Å². The van der Waals surface area contributed by atoms with Gasteiger partial charge >= 0.3 is 0 Å². The first-order valence-electron chi connectivity index (χ1n) is 12.5. The Morgan fingerprint density at radius 1 is 1.00 bits per heavy atom. The zero-order valence-corrected chi connectivity index (χ0v) is 23.1. The number of allylic oxidation sites excluding steroid dienone is 2. The van der Waals surface area contributed by atoms with E-state index < -0.39 is 23.6 Å². The number of carbonyl (C=O) groups excluding carboxylic acids is 1. The SMILES string of the molecule is C=C(C)C(=N)C(C)/C(=C\C(C)NC(=NCc1ccc(F)cc1Cl)NC(=O)c1cccc(F)c1)c1ccc(F)cc1. The Morgan fingerprint density at radius 3 is 2.27 bits per heavy atom. The molecule has 3 rings (SSSR count). The number of nitrogens with one attached hydrogen (secondary N) is 3. The van der Waals surface area contributed by atoms with Gasteiger partial charge in [0.05, 0.1) is 6.54 Å². The van der Waals surface area contributed by atoms with Crippen LogP contribution in [0.4, 0.5) is 13.2 Å². The number of benzene rings is 3. The van der Waals surface area contributed by atoms with E-state index in [0.29, 0.717) is 22.4 Å². The largest absolute Gasteiger partial charge is 0.350 e. The van der Waals surface area contributed by atoms with Crippen LogP contribution >= 0.6 is 11.6 Å². The molecule has 0 aliphatic carbocycles. The van der Waals surface area contributed by atoms with E-state index in [1.54, 1.807) is 19.1 Å². The van der Waals surface area contributed by atoms with Gasteiger partial charge in [0.2, 0.25) is 0 Å². The highest BCUT2D eigenvalue weighted by Crippen LogP contribution is 2.27. The number of aliphatic imine (C=N–C) groups is 1. The lowest BCUT2D eigenvalue weighted by Crippen LogP contribution is -2.44. The third-order valence-corrected chi connectivity index (χ3v) is 6.42. The molecule has 3 aromatic rings. The fraction of sp³-hybridized carbons (Fsp3) is 0.194. The lowest BCUT2D eigenvalue weighted by Gasteiger charge is -2.22. The molecule has 2 unspecified atom stereocenters. The van der Waals surface area contributed by atoms with Gasteiger partial charge in [-0.15, -0.1) is 0 Å². The van der Waals surface area contributed by atoms with Crippen molar-refractivity contribution in [1.29, 1.82) is 5.41 Å². The monoisotopic (exact) mass is 566 g/mol.